The van der Waals surface area contributed by atoms with Crippen LogP contribution >= 0.6 is 0 Å². The molecule has 1 heterocycles. The second-order valence-corrected chi connectivity index (χ2v) is 6.53. The molecule has 3 aromatic rings. The van der Waals surface area contributed by atoms with Crippen molar-refractivity contribution >= 4 is 28.0 Å². The Morgan fingerprint density at radius 2 is 1.75 bits per heavy atom. The van der Waals surface area contributed by atoms with Crippen LogP contribution in [0.5, 0.6) is 11.5 Å². The van der Waals surface area contributed by atoms with Gasteiger partial charge in [0.15, 0.2) is 0 Å². The van der Waals surface area contributed by atoms with Crippen LogP contribution in [0.15, 0.2) is 49.2 Å². The predicted octanol–water partition coefficient (Wildman–Crippen LogP) is 4.04. The summed E-state index contributed by atoms with van der Waals surface area (Å²) in [6.07, 6.45) is 1.76. The predicted molar refractivity (Wildman–Crippen MR) is 115 cm³/mol. The first kappa shape index (κ1) is 19.6. The molecular weight excluding hydrogens is 352 g/mol. The van der Waals surface area contributed by atoms with Crippen molar-refractivity contribution in [3.05, 3.63) is 54.9 Å². The van der Waals surface area contributed by atoms with Crippen molar-refractivity contribution < 1.29 is 9.47 Å². The van der Waals surface area contributed by atoms with Gasteiger partial charge >= 0.3 is 0 Å². The number of hydrogen-bond donors (Lipinski definition) is 1. The number of benzene rings is 2. The van der Waals surface area contributed by atoms with Crippen LogP contribution in [0.25, 0.3) is 16.6 Å². The van der Waals surface area contributed by atoms with E-state index in [4.69, 9.17) is 14.5 Å². The fraction of sp³-hybridized carbons (Fsp3) is 0.273. The number of aromatic nitrogens is 2. The normalized spacial score (nSPS) is 10.7. The molecule has 0 saturated carbocycles. The molecule has 1 aromatic heterocycles. The van der Waals surface area contributed by atoms with Crippen LogP contribution in [-0.2, 0) is 0 Å². The van der Waals surface area contributed by atoms with E-state index in [0.29, 0.717) is 0 Å². The van der Waals surface area contributed by atoms with Crippen LogP contribution < -0.4 is 19.7 Å². The summed E-state index contributed by atoms with van der Waals surface area (Å²) in [4.78, 5) is 11.4. The summed E-state index contributed by atoms with van der Waals surface area (Å²) < 4.78 is 10.9. The Bertz CT molecular complexity index is 965. The average Bonchev–Trinajstić information content (AvgIpc) is 2.73. The van der Waals surface area contributed by atoms with E-state index >= 15 is 0 Å². The first-order valence-electron chi connectivity index (χ1n) is 9.13. The number of methoxy groups -OCH3 is 2. The highest BCUT2D eigenvalue weighted by Gasteiger charge is 2.14. The highest BCUT2D eigenvalue weighted by atomic mass is 16.5. The van der Waals surface area contributed by atoms with E-state index in [0.717, 1.165) is 58.3 Å². The highest BCUT2D eigenvalue weighted by molar-refractivity contribution is 5.82. The lowest BCUT2D eigenvalue weighted by atomic mass is 10.2. The van der Waals surface area contributed by atoms with Crippen molar-refractivity contribution in [2.75, 3.05) is 39.3 Å². The average molecular weight is 378 g/mol. The number of nitrogens with zero attached hydrogens (tertiary/aromatic N) is 3. The second-order valence-electron chi connectivity index (χ2n) is 6.53. The molecule has 0 unspecified atom stereocenters. The zero-order chi connectivity index (χ0) is 20.1. The van der Waals surface area contributed by atoms with Crippen molar-refractivity contribution in [3.63, 3.8) is 0 Å². The van der Waals surface area contributed by atoms with Gasteiger partial charge in [-0.2, -0.15) is 0 Å². The van der Waals surface area contributed by atoms with Crippen LogP contribution in [0.1, 0.15) is 12.6 Å². The van der Waals surface area contributed by atoms with Crippen LogP contribution in [0.4, 0.5) is 11.4 Å². The van der Waals surface area contributed by atoms with Gasteiger partial charge in [-0.15, -0.1) is 0 Å². The van der Waals surface area contributed by atoms with E-state index in [9.17, 15) is 0 Å². The Kier molecular flexibility index (Phi) is 6.11. The molecule has 3 rings (SSSR count). The molecule has 0 fully saturated rings. The van der Waals surface area contributed by atoms with E-state index in [-0.39, 0.29) is 0 Å². The van der Waals surface area contributed by atoms with E-state index in [1.165, 1.54) is 0 Å². The summed E-state index contributed by atoms with van der Waals surface area (Å²) in [6.45, 7) is 7.48. The maximum absolute atomic E-state index is 5.45. The quantitative estimate of drug-likeness (QED) is 0.638. The first-order valence-corrected chi connectivity index (χ1v) is 9.13. The number of rotatable bonds is 8. The van der Waals surface area contributed by atoms with Crippen molar-refractivity contribution in [3.8, 4) is 11.5 Å². The third-order valence-corrected chi connectivity index (χ3v) is 4.51. The van der Waals surface area contributed by atoms with Gasteiger partial charge in [-0.1, -0.05) is 6.58 Å². The van der Waals surface area contributed by atoms with Crippen LogP contribution in [-0.4, -0.2) is 44.3 Å². The monoisotopic (exact) mass is 378 g/mol. The fourth-order valence-corrected chi connectivity index (χ4v) is 2.95. The lowest BCUT2D eigenvalue weighted by Crippen LogP contribution is -2.26. The number of ether oxygens (including phenoxy) is 2. The smallest absolute Gasteiger partial charge is 0.124 e. The molecule has 28 heavy (non-hydrogen) atoms. The Morgan fingerprint density at radius 1 is 1.04 bits per heavy atom. The molecule has 0 bridgehead atoms. The van der Waals surface area contributed by atoms with Gasteiger partial charge in [-0.3, -0.25) is 4.98 Å². The number of likely N-dealkylation sites (N-methyl/N-ethyl adjacent to an activating group) is 1. The molecule has 0 atom stereocenters. The summed E-state index contributed by atoms with van der Waals surface area (Å²) in [6, 6.07) is 12.0. The van der Waals surface area contributed by atoms with Gasteiger partial charge in [0.2, 0.25) is 0 Å². The van der Waals surface area contributed by atoms with Gasteiger partial charge in [-0.05, 0) is 37.7 Å². The molecule has 6 nitrogen and oxygen atoms in total. The Morgan fingerprint density at radius 3 is 2.36 bits per heavy atom. The molecule has 0 aliphatic carbocycles. The third kappa shape index (κ3) is 4.23. The largest absolute Gasteiger partial charge is 0.497 e. The molecule has 0 amide bonds. The minimum Gasteiger partial charge on any atom is -0.497 e. The number of allylic oxidation sites excluding steroid dienone is 1. The molecule has 146 valence electrons. The van der Waals surface area contributed by atoms with Gasteiger partial charge < -0.3 is 19.7 Å². The minimum atomic E-state index is 0.744. The van der Waals surface area contributed by atoms with Gasteiger partial charge in [0.25, 0.3) is 0 Å². The Labute approximate surface area is 165 Å². The number of fused-ring (bicyclic) bond motifs is 1. The zero-order valence-corrected chi connectivity index (χ0v) is 16.8. The van der Waals surface area contributed by atoms with E-state index in [1.807, 2.05) is 38.2 Å². The maximum atomic E-state index is 5.45. The van der Waals surface area contributed by atoms with Gasteiger partial charge in [0, 0.05) is 42.7 Å². The molecule has 0 spiro atoms. The SMILES string of the molecule is C=C(C)c1cnc2ccc(N(CCNC)c3cc(OC)cc(OC)c3)cc2n1. The van der Waals surface area contributed by atoms with E-state index in [2.05, 4.69) is 33.9 Å². The summed E-state index contributed by atoms with van der Waals surface area (Å²) in [5, 5.41) is 3.21. The molecule has 0 radical (unpaired) electrons. The Hall–Kier alpha value is -3.12. The van der Waals surface area contributed by atoms with Crippen LogP contribution in [0.2, 0.25) is 0 Å². The molecule has 2 aromatic carbocycles. The van der Waals surface area contributed by atoms with Crippen molar-refractivity contribution in [1.29, 1.82) is 0 Å². The third-order valence-electron chi connectivity index (χ3n) is 4.51. The maximum Gasteiger partial charge on any atom is 0.124 e. The van der Waals surface area contributed by atoms with Gasteiger partial charge in [0.1, 0.15) is 11.5 Å². The first-order chi connectivity index (χ1) is 13.5. The van der Waals surface area contributed by atoms with Gasteiger partial charge in [-0.25, -0.2) is 4.98 Å². The summed E-state index contributed by atoms with van der Waals surface area (Å²) in [5.41, 5.74) is 5.38. The lowest BCUT2D eigenvalue weighted by Gasteiger charge is -2.26. The van der Waals surface area contributed by atoms with Crippen LogP contribution in [0, 0.1) is 0 Å². The Balaban J connectivity index is 2.10. The number of hydrogen-bond acceptors (Lipinski definition) is 6. The van der Waals surface area contributed by atoms with Gasteiger partial charge in [0.05, 0.1) is 37.1 Å². The molecule has 1 N–H and O–H groups in total. The van der Waals surface area contributed by atoms with Crippen molar-refractivity contribution in [2.45, 2.75) is 6.92 Å². The fourth-order valence-electron chi connectivity index (χ4n) is 2.95. The van der Waals surface area contributed by atoms with Crippen molar-refractivity contribution in [1.82, 2.24) is 15.3 Å². The number of nitrogens with one attached hydrogen (secondary N) is 1. The summed E-state index contributed by atoms with van der Waals surface area (Å²) >= 11 is 0. The minimum absolute atomic E-state index is 0.744. The molecular formula is C22H26N4O2. The molecule has 0 aliphatic heterocycles. The van der Waals surface area contributed by atoms with Crippen molar-refractivity contribution in [2.24, 2.45) is 0 Å². The van der Waals surface area contributed by atoms with E-state index < -0.39 is 0 Å². The highest BCUT2D eigenvalue weighted by Crippen LogP contribution is 2.33. The zero-order valence-electron chi connectivity index (χ0n) is 16.8. The van der Waals surface area contributed by atoms with Crippen LogP contribution in [0.3, 0.4) is 0 Å². The summed E-state index contributed by atoms with van der Waals surface area (Å²) in [5.74, 6) is 1.49. The molecule has 0 saturated heterocycles. The van der Waals surface area contributed by atoms with E-state index in [1.54, 1.807) is 20.4 Å². The molecule has 6 heteroatoms. The standard InChI is InChI=1S/C22H26N4O2/c1-15(2)22-14-24-20-7-6-16(12-21(20)25-22)26(9-8-23-3)17-10-18(27-4)13-19(11-17)28-5/h6-7,10-14,23H,1,8-9H2,2-5H3. The lowest BCUT2D eigenvalue weighted by molar-refractivity contribution is 0.394. The second kappa shape index (κ2) is 8.71. The topological polar surface area (TPSA) is 59.5 Å². The molecule has 0 aliphatic rings. The summed E-state index contributed by atoms with van der Waals surface area (Å²) in [7, 11) is 5.25. The number of anilines is 2.